The number of rotatable bonds is 7. The molecule has 0 aliphatic heterocycles. The maximum atomic E-state index is 12.1. The summed E-state index contributed by atoms with van der Waals surface area (Å²) in [5, 5.41) is 8.63. The van der Waals surface area contributed by atoms with Crippen molar-refractivity contribution >= 4 is 39.9 Å². The number of hydrogen-bond acceptors (Lipinski definition) is 4. The lowest BCUT2D eigenvalue weighted by molar-refractivity contribution is -0.121. The number of carbonyl (C=O) groups is 2. The number of carbonyl (C=O) groups excluding carboxylic acids is 2. The van der Waals surface area contributed by atoms with E-state index in [1.165, 1.54) is 11.3 Å². The maximum absolute atomic E-state index is 12.1. The summed E-state index contributed by atoms with van der Waals surface area (Å²) in [4.78, 5) is 28.5. The standard InChI is InChI=1S/C20H18ClN3O2S/c21-17-9-5-4-8-15(17)12-22-18(25)11-10-16-13-27-20(23-16)24-19(26)14-6-2-1-3-7-14/h1-9,13H,10-12H2,(H,22,25)(H,23,24,26). The van der Waals surface area contributed by atoms with E-state index in [1.54, 1.807) is 18.2 Å². The minimum absolute atomic E-state index is 0.0715. The number of benzene rings is 2. The average Bonchev–Trinajstić information content (AvgIpc) is 3.13. The first-order valence-corrected chi connectivity index (χ1v) is 9.68. The summed E-state index contributed by atoms with van der Waals surface area (Å²) in [5.74, 6) is -0.272. The van der Waals surface area contributed by atoms with Gasteiger partial charge in [-0.25, -0.2) is 4.98 Å². The van der Waals surface area contributed by atoms with Crippen molar-refractivity contribution in [2.24, 2.45) is 0 Å². The van der Waals surface area contributed by atoms with E-state index in [-0.39, 0.29) is 11.8 Å². The van der Waals surface area contributed by atoms with E-state index in [0.29, 0.717) is 35.1 Å². The Morgan fingerprint density at radius 2 is 1.78 bits per heavy atom. The predicted molar refractivity (Wildman–Crippen MR) is 108 cm³/mol. The zero-order valence-corrected chi connectivity index (χ0v) is 16.0. The molecule has 2 amide bonds. The van der Waals surface area contributed by atoms with Crippen LogP contribution in [0.3, 0.4) is 0 Å². The third-order valence-corrected chi connectivity index (χ3v) is 5.03. The van der Waals surface area contributed by atoms with Crippen molar-refractivity contribution < 1.29 is 9.59 Å². The molecule has 0 bridgehead atoms. The van der Waals surface area contributed by atoms with Gasteiger partial charge in [0.2, 0.25) is 5.91 Å². The van der Waals surface area contributed by atoms with E-state index >= 15 is 0 Å². The molecule has 1 aromatic heterocycles. The van der Waals surface area contributed by atoms with Crippen LogP contribution in [0.5, 0.6) is 0 Å². The van der Waals surface area contributed by atoms with Crippen molar-refractivity contribution in [1.82, 2.24) is 10.3 Å². The van der Waals surface area contributed by atoms with Crippen LogP contribution in [0.1, 0.15) is 28.0 Å². The lowest BCUT2D eigenvalue weighted by atomic mass is 10.2. The summed E-state index contributed by atoms with van der Waals surface area (Å²) in [6.07, 6.45) is 0.826. The van der Waals surface area contributed by atoms with E-state index in [9.17, 15) is 9.59 Å². The normalized spacial score (nSPS) is 10.4. The van der Waals surface area contributed by atoms with Crippen LogP contribution >= 0.6 is 22.9 Å². The highest BCUT2D eigenvalue weighted by molar-refractivity contribution is 7.14. The molecular weight excluding hydrogens is 382 g/mol. The molecule has 0 saturated heterocycles. The molecule has 0 atom stereocenters. The number of nitrogens with zero attached hydrogens (tertiary/aromatic N) is 1. The monoisotopic (exact) mass is 399 g/mol. The van der Waals surface area contributed by atoms with Crippen molar-refractivity contribution in [3.8, 4) is 0 Å². The predicted octanol–water partition coefficient (Wildman–Crippen LogP) is 4.30. The minimum Gasteiger partial charge on any atom is -0.352 e. The third kappa shape index (κ3) is 5.64. The lowest BCUT2D eigenvalue weighted by Gasteiger charge is -2.06. The zero-order valence-electron chi connectivity index (χ0n) is 14.4. The van der Waals surface area contributed by atoms with Gasteiger partial charge in [-0.05, 0) is 30.2 Å². The number of aromatic nitrogens is 1. The number of aryl methyl sites for hydroxylation is 1. The molecule has 2 N–H and O–H groups in total. The Labute approximate surface area is 166 Å². The highest BCUT2D eigenvalue weighted by Crippen LogP contribution is 2.18. The van der Waals surface area contributed by atoms with E-state index < -0.39 is 0 Å². The molecule has 27 heavy (non-hydrogen) atoms. The van der Waals surface area contributed by atoms with Crippen molar-refractivity contribution in [2.75, 3.05) is 5.32 Å². The molecule has 0 aliphatic rings. The third-order valence-electron chi connectivity index (χ3n) is 3.85. The molecule has 7 heteroatoms. The Kier molecular flexibility index (Phi) is 6.57. The van der Waals surface area contributed by atoms with Crippen molar-refractivity contribution in [1.29, 1.82) is 0 Å². The van der Waals surface area contributed by atoms with Crippen LogP contribution < -0.4 is 10.6 Å². The largest absolute Gasteiger partial charge is 0.352 e. The van der Waals surface area contributed by atoms with Crippen LogP contribution in [-0.4, -0.2) is 16.8 Å². The number of hydrogen-bond donors (Lipinski definition) is 2. The van der Waals surface area contributed by atoms with Crippen LogP contribution in [0.15, 0.2) is 60.0 Å². The van der Waals surface area contributed by atoms with Gasteiger partial charge in [-0.1, -0.05) is 48.0 Å². The van der Waals surface area contributed by atoms with Crippen LogP contribution in [0.4, 0.5) is 5.13 Å². The Morgan fingerprint density at radius 3 is 2.56 bits per heavy atom. The van der Waals surface area contributed by atoms with Gasteiger partial charge in [0.05, 0.1) is 5.69 Å². The van der Waals surface area contributed by atoms with E-state index in [0.717, 1.165) is 11.3 Å². The average molecular weight is 400 g/mol. The van der Waals surface area contributed by atoms with Crippen LogP contribution in [0.2, 0.25) is 5.02 Å². The van der Waals surface area contributed by atoms with E-state index in [4.69, 9.17) is 11.6 Å². The number of nitrogens with one attached hydrogen (secondary N) is 2. The number of anilines is 1. The number of amides is 2. The highest BCUT2D eigenvalue weighted by Gasteiger charge is 2.10. The number of thiazole rings is 1. The Balaban J connectivity index is 1.46. The first-order valence-electron chi connectivity index (χ1n) is 8.43. The second-order valence-electron chi connectivity index (χ2n) is 5.83. The van der Waals surface area contributed by atoms with Gasteiger partial charge < -0.3 is 5.32 Å². The highest BCUT2D eigenvalue weighted by atomic mass is 35.5. The van der Waals surface area contributed by atoms with Gasteiger partial charge in [-0.2, -0.15) is 0 Å². The molecule has 0 spiro atoms. The Bertz CT molecular complexity index is 928. The summed E-state index contributed by atoms with van der Waals surface area (Å²) in [7, 11) is 0. The number of halogens is 1. The molecular formula is C20H18ClN3O2S. The van der Waals surface area contributed by atoms with Gasteiger partial charge in [0.1, 0.15) is 0 Å². The molecule has 0 radical (unpaired) electrons. The van der Waals surface area contributed by atoms with Crippen molar-refractivity contribution in [3.05, 3.63) is 81.8 Å². The van der Waals surface area contributed by atoms with Crippen LogP contribution in [0, 0.1) is 0 Å². The fourth-order valence-corrected chi connectivity index (χ4v) is 3.35. The van der Waals surface area contributed by atoms with Crippen molar-refractivity contribution in [3.63, 3.8) is 0 Å². The van der Waals surface area contributed by atoms with Crippen LogP contribution in [-0.2, 0) is 17.8 Å². The molecule has 0 aliphatic carbocycles. The second-order valence-corrected chi connectivity index (χ2v) is 7.10. The van der Waals surface area contributed by atoms with E-state index in [1.807, 2.05) is 41.8 Å². The summed E-state index contributed by atoms with van der Waals surface area (Å²) < 4.78 is 0. The van der Waals surface area contributed by atoms with Gasteiger partial charge in [-0.15, -0.1) is 11.3 Å². The molecule has 3 aromatic rings. The van der Waals surface area contributed by atoms with Gasteiger partial charge in [0.15, 0.2) is 5.13 Å². The molecule has 0 saturated carbocycles. The fraction of sp³-hybridized carbons (Fsp3) is 0.150. The van der Waals surface area contributed by atoms with Gasteiger partial charge in [0.25, 0.3) is 5.91 Å². The molecule has 0 unspecified atom stereocenters. The quantitative estimate of drug-likeness (QED) is 0.622. The van der Waals surface area contributed by atoms with Gasteiger partial charge in [0, 0.05) is 28.9 Å². The molecule has 3 rings (SSSR count). The summed E-state index contributed by atoms with van der Waals surface area (Å²) in [6.45, 7) is 0.397. The molecule has 1 heterocycles. The molecule has 138 valence electrons. The summed E-state index contributed by atoms with van der Waals surface area (Å²) in [6, 6.07) is 16.4. The van der Waals surface area contributed by atoms with Gasteiger partial charge in [-0.3, -0.25) is 14.9 Å². The Morgan fingerprint density at radius 1 is 1.04 bits per heavy atom. The molecule has 5 nitrogen and oxygen atoms in total. The maximum Gasteiger partial charge on any atom is 0.257 e. The summed E-state index contributed by atoms with van der Waals surface area (Å²) >= 11 is 7.42. The Hall–Kier alpha value is -2.70. The van der Waals surface area contributed by atoms with Crippen molar-refractivity contribution in [2.45, 2.75) is 19.4 Å². The smallest absolute Gasteiger partial charge is 0.257 e. The molecule has 0 fully saturated rings. The zero-order chi connectivity index (χ0) is 19.1. The first kappa shape index (κ1) is 19.1. The first-order chi connectivity index (χ1) is 13.1. The molecule has 2 aromatic carbocycles. The SMILES string of the molecule is O=C(CCc1csc(NC(=O)c2ccccc2)n1)NCc1ccccc1Cl. The summed E-state index contributed by atoms with van der Waals surface area (Å²) in [5.41, 5.74) is 2.23. The minimum atomic E-state index is -0.200. The topological polar surface area (TPSA) is 71.1 Å². The van der Waals surface area contributed by atoms with Crippen LogP contribution in [0.25, 0.3) is 0 Å². The fourth-order valence-electron chi connectivity index (χ4n) is 2.40. The van der Waals surface area contributed by atoms with E-state index in [2.05, 4.69) is 15.6 Å². The van der Waals surface area contributed by atoms with Gasteiger partial charge >= 0.3 is 0 Å². The lowest BCUT2D eigenvalue weighted by Crippen LogP contribution is -2.23. The second kappa shape index (κ2) is 9.30.